The molecule has 0 atom stereocenters. The smallest absolute Gasteiger partial charge is 0.141 e. The summed E-state index contributed by atoms with van der Waals surface area (Å²) in [4.78, 5) is 8.46. The number of benzene rings is 2. The van der Waals surface area contributed by atoms with Crippen molar-refractivity contribution in [3.8, 4) is 5.75 Å². The Morgan fingerprint density at radius 2 is 2.05 bits per heavy atom. The summed E-state index contributed by atoms with van der Waals surface area (Å²) in [5.74, 6) is 0.810. The molecule has 22 heavy (non-hydrogen) atoms. The van der Waals surface area contributed by atoms with Crippen molar-refractivity contribution in [1.29, 1.82) is 0 Å². The minimum Gasteiger partial charge on any atom is -0.495 e. The summed E-state index contributed by atoms with van der Waals surface area (Å²) in [6.45, 7) is 0. The second-order valence-corrected chi connectivity index (χ2v) is 5.74. The van der Waals surface area contributed by atoms with Gasteiger partial charge >= 0.3 is 0 Å². The number of nitrogens with zero attached hydrogens (tertiary/aromatic N) is 2. The molecular formula is C15H10BrClFN3O. The van der Waals surface area contributed by atoms with Gasteiger partial charge in [-0.1, -0.05) is 11.6 Å². The van der Waals surface area contributed by atoms with Gasteiger partial charge < -0.3 is 10.1 Å². The van der Waals surface area contributed by atoms with E-state index in [0.717, 1.165) is 15.4 Å². The molecule has 0 bridgehead atoms. The molecular weight excluding hydrogens is 373 g/mol. The third-order valence-electron chi connectivity index (χ3n) is 3.09. The first-order valence-electron chi connectivity index (χ1n) is 6.29. The molecule has 0 unspecified atom stereocenters. The number of hydrogen-bond acceptors (Lipinski definition) is 4. The molecule has 112 valence electrons. The van der Waals surface area contributed by atoms with E-state index < -0.39 is 5.82 Å². The van der Waals surface area contributed by atoms with Gasteiger partial charge in [0.1, 0.15) is 23.7 Å². The number of aromatic nitrogens is 2. The van der Waals surface area contributed by atoms with Crippen LogP contribution in [-0.4, -0.2) is 17.1 Å². The third-order valence-corrected chi connectivity index (χ3v) is 4.00. The van der Waals surface area contributed by atoms with Crippen molar-refractivity contribution >= 4 is 49.9 Å². The first kappa shape index (κ1) is 15.0. The predicted molar refractivity (Wildman–Crippen MR) is 88.5 cm³/mol. The fraction of sp³-hybridized carbons (Fsp3) is 0.0667. The van der Waals surface area contributed by atoms with Crippen LogP contribution in [-0.2, 0) is 0 Å². The highest BCUT2D eigenvalue weighted by Gasteiger charge is 2.10. The lowest BCUT2D eigenvalue weighted by atomic mass is 10.2. The molecule has 0 spiro atoms. The summed E-state index contributed by atoms with van der Waals surface area (Å²) in [7, 11) is 1.59. The summed E-state index contributed by atoms with van der Waals surface area (Å²) >= 11 is 9.23. The Morgan fingerprint density at radius 3 is 2.77 bits per heavy atom. The maximum atomic E-state index is 13.2. The molecule has 2 aromatic carbocycles. The molecule has 0 saturated heterocycles. The highest BCUT2D eigenvalue weighted by atomic mass is 79.9. The maximum absolute atomic E-state index is 13.2. The zero-order valence-electron chi connectivity index (χ0n) is 11.4. The number of ether oxygens (including phenoxy) is 1. The van der Waals surface area contributed by atoms with Crippen LogP contribution in [0, 0.1) is 5.82 Å². The zero-order chi connectivity index (χ0) is 15.7. The Hall–Kier alpha value is -1.92. The van der Waals surface area contributed by atoms with Crippen LogP contribution in [0.2, 0.25) is 5.02 Å². The molecule has 0 saturated carbocycles. The normalized spacial score (nSPS) is 10.7. The lowest BCUT2D eigenvalue weighted by molar-refractivity contribution is 0.412. The summed E-state index contributed by atoms with van der Waals surface area (Å²) < 4.78 is 19.3. The highest BCUT2D eigenvalue weighted by Crippen LogP contribution is 2.33. The van der Waals surface area contributed by atoms with Crippen molar-refractivity contribution in [3.05, 3.63) is 52.0 Å². The van der Waals surface area contributed by atoms with Gasteiger partial charge in [-0.25, -0.2) is 14.4 Å². The van der Waals surface area contributed by atoms with Gasteiger partial charge in [0, 0.05) is 17.1 Å². The maximum Gasteiger partial charge on any atom is 0.141 e. The molecule has 7 heteroatoms. The molecule has 1 heterocycles. The van der Waals surface area contributed by atoms with Gasteiger partial charge in [-0.3, -0.25) is 0 Å². The van der Waals surface area contributed by atoms with Crippen LogP contribution in [0.1, 0.15) is 0 Å². The molecule has 0 fully saturated rings. The van der Waals surface area contributed by atoms with Crippen molar-refractivity contribution < 1.29 is 9.13 Å². The van der Waals surface area contributed by atoms with E-state index in [1.54, 1.807) is 13.2 Å². The zero-order valence-corrected chi connectivity index (χ0v) is 13.7. The Bertz CT molecular complexity index is 860. The molecule has 0 amide bonds. The molecule has 4 nitrogen and oxygen atoms in total. The van der Waals surface area contributed by atoms with E-state index in [0.29, 0.717) is 17.3 Å². The number of nitrogens with one attached hydrogen (secondary N) is 1. The Balaban J connectivity index is 2.06. The number of rotatable bonds is 3. The minimum atomic E-state index is -0.466. The Labute approximate surface area is 139 Å². The van der Waals surface area contributed by atoms with Gasteiger partial charge in [0.25, 0.3) is 0 Å². The number of methoxy groups -OCH3 is 1. The number of halogens is 3. The summed E-state index contributed by atoms with van der Waals surface area (Å²) in [5.41, 5.74) is 1.36. The summed E-state index contributed by atoms with van der Waals surface area (Å²) in [5, 5.41) is 3.96. The van der Waals surface area contributed by atoms with Gasteiger partial charge in [-0.15, -0.1) is 0 Å². The van der Waals surface area contributed by atoms with Crippen molar-refractivity contribution in [2.24, 2.45) is 0 Å². The number of anilines is 2. The van der Waals surface area contributed by atoms with Crippen LogP contribution in [0.3, 0.4) is 0 Å². The first-order chi connectivity index (χ1) is 10.6. The molecule has 0 aliphatic carbocycles. The van der Waals surface area contributed by atoms with Gasteiger partial charge in [0.15, 0.2) is 0 Å². The average molecular weight is 383 g/mol. The first-order valence-corrected chi connectivity index (χ1v) is 7.46. The number of hydrogen-bond donors (Lipinski definition) is 1. The van der Waals surface area contributed by atoms with E-state index in [2.05, 4.69) is 31.2 Å². The Morgan fingerprint density at radius 1 is 1.23 bits per heavy atom. The van der Waals surface area contributed by atoms with Crippen molar-refractivity contribution in [1.82, 2.24) is 9.97 Å². The van der Waals surface area contributed by atoms with E-state index >= 15 is 0 Å². The third kappa shape index (κ3) is 2.84. The van der Waals surface area contributed by atoms with Gasteiger partial charge in [-0.05, 0) is 40.2 Å². The van der Waals surface area contributed by atoms with Crippen LogP contribution >= 0.6 is 27.5 Å². The minimum absolute atomic E-state index is 0.0474. The van der Waals surface area contributed by atoms with Gasteiger partial charge in [0.2, 0.25) is 0 Å². The molecule has 1 N–H and O–H groups in total. The van der Waals surface area contributed by atoms with Crippen LogP contribution in [0.5, 0.6) is 5.75 Å². The lowest BCUT2D eigenvalue weighted by Crippen LogP contribution is -1.97. The van der Waals surface area contributed by atoms with E-state index in [1.165, 1.54) is 18.5 Å². The molecule has 3 aromatic rings. The second kappa shape index (κ2) is 6.06. The number of fused-ring (bicyclic) bond motifs is 1. The van der Waals surface area contributed by atoms with Crippen LogP contribution in [0.4, 0.5) is 15.9 Å². The fourth-order valence-corrected chi connectivity index (χ4v) is 2.71. The van der Waals surface area contributed by atoms with Crippen LogP contribution in [0.15, 0.2) is 41.1 Å². The van der Waals surface area contributed by atoms with Crippen molar-refractivity contribution in [3.63, 3.8) is 0 Å². The SMILES string of the molecule is COc1cc2ncnc(Nc3ccc(F)c(Cl)c3)c2cc1Br. The van der Waals surface area contributed by atoms with E-state index in [4.69, 9.17) is 16.3 Å². The van der Waals surface area contributed by atoms with Crippen molar-refractivity contribution in [2.45, 2.75) is 0 Å². The lowest BCUT2D eigenvalue weighted by Gasteiger charge is -2.10. The van der Waals surface area contributed by atoms with Gasteiger partial charge in [0.05, 0.1) is 22.1 Å². The monoisotopic (exact) mass is 381 g/mol. The fourth-order valence-electron chi connectivity index (χ4n) is 2.02. The standard InChI is InChI=1S/C15H10BrClFN3O/c1-22-14-6-13-9(5-10(14)16)15(20-7-19-13)21-8-2-3-12(18)11(17)4-8/h2-7H,1H3,(H,19,20,21). The quantitative estimate of drug-likeness (QED) is 0.697. The molecule has 0 aliphatic heterocycles. The van der Waals surface area contributed by atoms with E-state index in [-0.39, 0.29) is 5.02 Å². The van der Waals surface area contributed by atoms with Crippen LogP contribution < -0.4 is 10.1 Å². The van der Waals surface area contributed by atoms with Crippen LogP contribution in [0.25, 0.3) is 10.9 Å². The molecule has 0 radical (unpaired) electrons. The highest BCUT2D eigenvalue weighted by molar-refractivity contribution is 9.10. The largest absolute Gasteiger partial charge is 0.495 e. The van der Waals surface area contributed by atoms with Crippen molar-refractivity contribution in [2.75, 3.05) is 12.4 Å². The summed E-state index contributed by atoms with van der Waals surface area (Å²) in [6, 6.07) is 8.07. The Kier molecular flexibility index (Phi) is 4.13. The molecule has 3 rings (SSSR count). The second-order valence-electron chi connectivity index (χ2n) is 4.48. The molecule has 0 aliphatic rings. The topological polar surface area (TPSA) is 47.0 Å². The van der Waals surface area contributed by atoms with Gasteiger partial charge in [-0.2, -0.15) is 0 Å². The predicted octanol–water partition coefficient (Wildman–Crippen LogP) is 4.94. The summed E-state index contributed by atoms with van der Waals surface area (Å²) in [6.07, 6.45) is 1.45. The van der Waals surface area contributed by atoms with E-state index in [9.17, 15) is 4.39 Å². The average Bonchev–Trinajstić information content (AvgIpc) is 2.51. The molecule has 1 aromatic heterocycles. The van der Waals surface area contributed by atoms with E-state index in [1.807, 2.05) is 12.1 Å².